The smallest absolute Gasteiger partial charge is 0.243 e. The SMILES string of the molecule is Cc1ccc(S(=O)(=O)N2CCCC2c2ccc(N(C)c3ccccc3)nc2)cc1. The largest absolute Gasteiger partial charge is 0.329 e. The van der Waals surface area contributed by atoms with Gasteiger partial charge in [-0.3, -0.25) is 0 Å². The second kappa shape index (κ2) is 7.97. The van der Waals surface area contributed by atoms with Crippen LogP contribution in [0.1, 0.15) is 30.0 Å². The number of anilines is 2. The maximum atomic E-state index is 13.2. The average molecular weight is 408 g/mol. The van der Waals surface area contributed by atoms with Gasteiger partial charge in [-0.15, -0.1) is 0 Å². The van der Waals surface area contributed by atoms with Crippen molar-refractivity contribution >= 4 is 21.5 Å². The zero-order valence-electron chi connectivity index (χ0n) is 16.7. The van der Waals surface area contributed by atoms with Crippen molar-refractivity contribution in [3.05, 3.63) is 84.1 Å². The van der Waals surface area contributed by atoms with Gasteiger partial charge in [0, 0.05) is 25.5 Å². The summed E-state index contributed by atoms with van der Waals surface area (Å²) in [7, 11) is -1.55. The molecule has 1 atom stereocenters. The molecule has 0 saturated carbocycles. The third-order valence-electron chi connectivity index (χ3n) is 5.47. The van der Waals surface area contributed by atoms with E-state index in [1.807, 2.05) is 79.7 Å². The number of para-hydroxylation sites is 1. The van der Waals surface area contributed by atoms with Gasteiger partial charge in [0.25, 0.3) is 0 Å². The number of rotatable bonds is 5. The number of nitrogens with zero attached hydrogens (tertiary/aromatic N) is 3. The molecule has 0 aliphatic carbocycles. The molecule has 1 aliphatic rings. The highest BCUT2D eigenvalue weighted by atomic mass is 32.2. The van der Waals surface area contributed by atoms with Crippen molar-refractivity contribution in [1.29, 1.82) is 0 Å². The number of benzene rings is 2. The summed E-state index contributed by atoms with van der Waals surface area (Å²) in [6, 6.07) is 20.9. The fourth-order valence-electron chi connectivity index (χ4n) is 3.78. The van der Waals surface area contributed by atoms with E-state index in [2.05, 4.69) is 4.98 Å². The summed E-state index contributed by atoms with van der Waals surface area (Å²) < 4.78 is 28.0. The van der Waals surface area contributed by atoms with Crippen molar-refractivity contribution in [1.82, 2.24) is 9.29 Å². The fourth-order valence-corrected chi connectivity index (χ4v) is 5.47. The Labute approximate surface area is 172 Å². The van der Waals surface area contributed by atoms with Gasteiger partial charge in [-0.2, -0.15) is 4.31 Å². The Morgan fingerprint density at radius 1 is 1.00 bits per heavy atom. The molecule has 4 rings (SSSR count). The normalized spacial score (nSPS) is 17.4. The predicted octanol–water partition coefficient (Wildman–Crippen LogP) is 4.68. The Morgan fingerprint density at radius 2 is 1.72 bits per heavy atom. The molecule has 1 aromatic heterocycles. The summed E-state index contributed by atoms with van der Waals surface area (Å²) in [6.45, 7) is 2.49. The molecule has 0 radical (unpaired) electrons. The summed E-state index contributed by atoms with van der Waals surface area (Å²) in [6.07, 6.45) is 3.46. The lowest BCUT2D eigenvalue weighted by Gasteiger charge is -2.25. The van der Waals surface area contributed by atoms with Gasteiger partial charge in [0.1, 0.15) is 5.82 Å². The van der Waals surface area contributed by atoms with Crippen molar-refractivity contribution < 1.29 is 8.42 Å². The van der Waals surface area contributed by atoms with E-state index in [0.29, 0.717) is 11.4 Å². The molecule has 0 N–H and O–H groups in total. The zero-order chi connectivity index (χ0) is 20.4. The number of aryl methyl sites for hydroxylation is 1. The third kappa shape index (κ3) is 3.91. The first-order valence-electron chi connectivity index (χ1n) is 9.80. The lowest BCUT2D eigenvalue weighted by molar-refractivity contribution is 0.396. The van der Waals surface area contributed by atoms with Crippen molar-refractivity contribution in [2.45, 2.75) is 30.7 Å². The molecule has 1 fully saturated rings. The van der Waals surface area contributed by atoms with E-state index in [0.717, 1.165) is 35.5 Å². The van der Waals surface area contributed by atoms with Crippen LogP contribution in [0.2, 0.25) is 0 Å². The molecule has 0 amide bonds. The lowest BCUT2D eigenvalue weighted by Crippen LogP contribution is -2.30. The zero-order valence-corrected chi connectivity index (χ0v) is 17.5. The van der Waals surface area contributed by atoms with Crippen LogP contribution in [0.15, 0.2) is 77.8 Å². The Hall–Kier alpha value is -2.70. The van der Waals surface area contributed by atoms with E-state index in [4.69, 9.17) is 0 Å². The number of aromatic nitrogens is 1. The highest BCUT2D eigenvalue weighted by Gasteiger charge is 2.36. The van der Waals surface area contributed by atoms with Crippen molar-refractivity contribution in [3.63, 3.8) is 0 Å². The maximum Gasteiger partial charge on any atom is 0.243 e. The van der Waals surface area contributed by atoms with E-state index in [-0.39, 0.29) is 6.04 Å². The Balaban J connectivity index is 1.58. The van der Waals surface area contributed by atoms with Gasteiger partial charge in [0.2, 0.25) is 10.0 Å². The summed E-state index contributed by atoms with van der Waals surface area (Å²) in [5.74, 6) is 0.825. The Bertz CT molecular complexity index is 1070. The minimum atomic E-state index is -3.53. The monoisotopic (exact) mass is 407 g/mol. The van der Waals surface area contributed by atoms with E-state index in [1.165, 1.54) is 0 Å². The molecule has 1 aliphatic heterocycles. The van der Waals surface area contributed by atoms with Gasteiger partial charge in [-0.25, -0.2) is 13.4 Å². The highest BCUT2D eigenvalue weighted by Crippen LogP contribution is 2.37. The van der Waals surface area contributed by atoms with Crippen LogP contribution in [0.25, 0.3) is 0 Å². The predicted molar refractivity (Wildman–Crippen MR) is 116 cm³/mol. The molecule has 150 valence electrons. The third-order valence-corrected chi connectivity index (χ3v) is 7.40. The van der Waals surface area contributed by atoms with E-state index < -0.39 is 10.0 Å². The minimum Gasteiger partial charge on any atom is -0.329 e. The molecular weight excluding hydrogens is 382 g/mol. The van der Waals surface area contributed by atoms with Crippen molar-refractivity contribution in [2.24, 2.45) is 0 Å². The molecule has 1 unspecified atom stereocenters. The van der Waals surface area contributed by atoms with Crippen LogP contribution < -0.4 is 4.90 Å². The average Bonchev–Trinajstić information content (AvgIpc) is 3.25. The lowest BCUT2D eigenvalue weighted by atomic mass is 10.1. The van der Waals surface area contributed by atoms with E-state index in [9.17, 15) is 8.42 Å². The van der Waals surface area contributed by atoms with Crippen LogP contribution in [0.3, 0.4) is 0 Å². The summed E-state index contributed by atoms with van der Waals surface area (Å²) in [5.41, 5.74) is 3.03. The molecule has 1 saturated heterocycles. The minimum absolute atomic E-state index is 0.176. The van der Waals surface area contributed by atoms with Gasteiger partial charge in [-0.1, -0.05) is 42.0 Å². The molecule has 6 heteroatoms. The second-order valence-electron chi connectivity index (χ2n) is 7.43. The molecule has 0 bridgehead atoms. The Kier molecular flexibility index (Phi) is 5.39. The molecule has 5 nitrogen and oxygen atoms in total. The van der Waals surface area contributed by atoms with Gasteiger partial charge in [0.05, 0.1) is 10.9 Å². The van der Waals surface area contributed by atoms with Crippen LogP contribution in [0.4, 0.5) is 11.5 Å². The van der Waals surface area contributed by atoms with E-state index in [1.54, 1.807) is 16.4 Å². The molecule has 2 aromatic carbocycles. The second-order valence-corrected chi connectivity index (χ2v) is 9.32. The fraction of sp³-hybridized carbons (Fsp3) is 0.261. The van der Waals surface area contributed by atoms with Crippen LogP contribution in [0.5, 0.6) is 0 Å². The quantitative estimate of drug-likeness (QED) is 0.616. The molecule has 0 spiro atoms. The van der Waals surface area contributed by atoms with Gasteiger partial charge >= 0.3 is 0 Å². The number of hydrogen-bond donors (Lipinski definition) is 0. The summed E-state index contributed by atoms with van der Waals surface area (Å²) >= 11 is 0. The number of sulfonamides is 1. The Morgan fingerprint density at radius 3 is 2.38 bits per heavy atom. The van der Waals surface area contributed by atoms with Crippen molar-refractivity contribution in [2.75, 3.05) is 18.5 Å². The van der Waals surface area contributed by atoms with Gasteiger partial charge < -0.3 is 4.90 Å². The number of hydrogen-bond acceptors (Lipinski definition) is 4. The van der Waals surface area contributed by atoms with Crippen LogP contribution in [0, 0.1) is 6.92 Å². The van der Waals surface area contributed by atoms with Gasteiger partial charge in [0.15, 0.2) is 0 Å². The van der Waals surface area contributed by atoms with Gasteiger partial charge in [-0.05, 0) is 55.7 Å². The summed E-state index contributed by atoms with van der Waals surface area (Å²) in [5, 5.41) is 0. The van der Waals surface area contributed by atoms with Crippen LogP contribution >= 0.6 is 0 Å². The molecule has 2 heterocycles. The van der Waals surface area contributed by atoms with Crippen LogP contribution in [-0.2, 0) is 10.0 Å². The first kappa shape index (κ1) is 19.6. The number of pyridine rings is 1. The molecular formula is C23H25N3O2S. The summed E-state index contributed by atoms with van der Waals surface area (Å²) in [4.78, 5) is 6.97. The molecule has 29 heavy (non-hydrogen) atoms. The molecule has 3 aromatic rings. The topological polar surface area (TPSA) is 53.5 Å². The maximum absolute atomic E-state index is 13.2. The van der Waals surface area contributed by atoms with E-state index >= 15 is 0 Å². The standard InChI is InChI=1S/C23H25N3O2S/c1-18-10-13-21(14-11-18)29(27,28)26-16-6-9-22(26)19-12-15-23(24-17-19)25(2)20-7-4-3-5-8-20/h3-5,7-8,10-15,17,22H,6,9,16H2,1-2H3. The highest BCUT2D eigenvalue weighted by molar-refractivity contribution is 7.89. The first-order chi connectivity index (χ1) is 14.0. The first-order valence-corrected chi connectivity index (χ1v) is 11.2. The van der Waals surface area contributed by atoms with Crippen LogP contribution in [-0.4, -0.2) is 31.3 Å². The van der Waals surface area contributed by atoms with Crippen molar-refractivity contribution in [3.8, 4) is 0 Å².